The van der Waals surface area contributed by atoms with Crippen molar-refractivity contribution in [1.82, 2.24) is 10.2 Å². The van der Waals surface area contributed by atoms with Crippen LogP contribution in [0.3, 0.4) is 0 Å². The smallest absolute Gasteiger partial charge is 0.254 e. The Kier molecular flexibility index (Phi) is 5.05. The Bertz CT molecular complexity index is 466. The Labute approximate surface area is 122 Å². The zero-order chi connectivity index (χ0) is 13.8. The first-order valence-electron chi connectivity index (χ1n) is 6.12. The number of carbonyl (C=O) groups excluding carboxylic acids is 1. The lowest BCUT2D eigenvalue weighted by Gasteiger charge is -2.33. The van der Waals surface area contributed by atoms with Gasteiger partial charge in [-0.2, -0.15) is 0 Å². The lowest BCUT2D eigenvalue weighted by atomic mass is 10.1. The van der Waals surface area contributed by atoms with Crippen molar-refractivity contribution in [2.24, 2.45) is 0 Å². The van der Waals surface area contributed by atoms with Crippen LogP contribution in [-0.2, 0) is 4.74 Å². The lowest BCUT2D eigenvalue weighted by Crippen LogP contribution is -2.48. The summed E-state index contributed by atoms with van der Waals surface area (Å²) in [6.45, 7) is 2.46. The van der Waals surface area contributed by atoms with Crippen LogP contribution in [0.4, 0.5) is 0 Å². The average Bonchev–Trinajstić information content (AvgIpc) is 2.42. The normalized spacial score (nSPS) is 19.5. The Morgan fingerprint density at radius 2 is 2.26 bits per heavy atom. The number of benzene rings is 1. The van der Waals surface area contributed by atoms with Crippen molar-refractivity contribution in [3.05, 3.63) is 33.8 Å². The summed E-state index contributed by atoms with van der Waals surface area (Å²) in [6.07, 6.45) is 0.0328. The summed E-state index contributed by atoms with van der Waals surface area (Å²) in [6, 6.07) is 4.94. The van der Waals surface area contributed by atoms with Gasteiger partial charge >= 0.3 is 0 Å². The number of halogens is 2. The quantitative estimate of drug-likeness (QED) is 0.929. The molecule has 0 radical (unpaired) electrons. The van der Waals surface area contributed by atoms with E-state index in [1.165, 1.54) is 0 Å². The third-order valence-corrected chi connectivity index (χ3v) is 3.76. The number of nitrogens with one attached hydrogen (secondary N) is 1. The van der Waals surface area contributed by atoms with Crippen molar-refractivity contribution in [2.75, 3.05) is 33.3 Å². The van der Waals surface area contributed by atoms with Gasteiger partial charge in [-0.1, -0.05) is 23.2 Å². The van der Waals surface area contributed by atoms with E-state index in [0.29, 0.717) is 35.3 Å². The number of ether oxygens (including phenoxy) is 1. The van der Waals surface area contributed by atoms with Crippen molar-refractivity contribution >= 4 is 29.1 Å². The van der Waals surface area contributed by atoms with Gasteiger partial charge in [0, 0.05) is 25.2 Å². The van der Waals surface area contributed by atoms with Gasteiger partial charge in [0.1, 0.15) is 0 Å². The summed E-state index contributed by atoms with van der Waals surface area (Å²) in [5, 5.41) is 3.90. The molecule has 1 aliphatic rings. The van der Waals surface area contributed by atoms with Gasteiger partial charge in [-0.15, -0.1) is 0 Å². The lowest BCUT2D eigenvalue weighted by molar-refractivity contribution is -0.0196. The molecular weight excluding hydrogens is 287 g/mol. The van der Waals surface area contributed by atoms with Crippen molar-refractivity contribution < 1.29 is 9.53 Å². The second-order valence-corrected chi connectivity index (χ2v) is 5.24. The fourth-order valence-corrected chi connectivity index (χ4v) is 2.36. The summed E-state index contributed by atoms with van der Waals surface area (Å²) < 4.78 is 5.57. The molecule has 1 aromatic carbocycles. The average molecular weight is 303 g/mol. The number of amides is 1. The second kappa shape index (κ2) is 6.57. The molecule has 0 saturated carbocycles. The highest BCUT2D eigenvalue weighted by Gasteiger charge is 2.24. The minimum Gasteiger partial charge on any atom is -0.373 e. The highest BCUT2D eigenvalue weighted by atomic mass is 35.5. The second-order valence-electron chi connectivity index (χ2n) is 4.43. The van der Waals surface area contributed by atoms with Crippen molar-refractivity contribution in [3.63, 3.8) is 0 Å². The summed E-state index contributed by atoms with van der Waals surface area (Å²) in [5.74, 6) is -0.0389. The molecule has 1 atom stereocenters. The zero-order valence-electron chi connectivity index (χ0n) is 10.7. The molecule has 1 unspecified atom stereocenters. The van der Waals surface area contributed by atoms with E-state index in [9.17, 15) is 4.79 Å². The first-order valence-corrected chi connectivity index (χ1v) is 6.88. The van der Waals surface area contributed by atoms with Crippen LogP contribution in [-0.4, -0.2) is 50.2 Å². The topological polar surface area (TPSA) is 41.6 Å². The highest BCUT2D eigenvalue weighted by Crippen LogP contribution is 2.23. The molecule has 1 saturated heterocycles. The standard InChI is InChI=1S/C13H16Cl2N2O2/c1-16-7-10-8-17(4-5-19-10)13(18)9-2-3-11(14)12(15)6-9/h2-3,6,10,16H,4-5,7-8H2,1H3. The van der Waals surface area contributed by atoms with E-state index in [4.69, 9.17) is 27.9 Å². The molecule has 1 aromatic rings. The monoisotopic (exact) mass is 302 g/mol. The molecule has 1 heterocycles. The SMILES string of the molecule is CNCC1CN(C(=O)c2ccc(Cl)c(Cl)c2)CCO1. The van der Waals surface area contributed by atoms with Crippen LogP contribution in [0.2, 0.25) is 10.0 Å². The zero-order valence-corrected chi connectivity index (χ0v) is 12.2. The van der Waals surface area contributed by atoms with Crippen LogP contribution in [0, 0.1) is 0 Å². The maximum atomic E-state index is 12.4. The van der Waals surface area contributed by atoms with Crippen molar-refractivity contribution in [1.29, 1.82) is 0 Å². The van der Waals surface area contributed by atoms with Gasteiger partial charge in [0.15, 0.2) is 0 Å². The highest BCUT2D eigenvalue weighted by molar-refractivity contribution is 6.42. The number of morpholine rings is 1. The van der Waals surface area contributed by atoms with Gasteiger partial charge in [-0.25, -0.2) is 0 Å². The van der Waals surface area contributed by atoms with E-state index in [1.54, 1.807) is 23.1 Å². The molecule has 2 rings (SSSR count). The Morgan fingerprint density at radius 3 is 2.95 bits per heavy atom. The molecule has 6 heteroatoms. The molecular formula is C13H16Cl2N2O2. The molecule has 104 valence electrons. The van der Waals surface area contributed by atoms with Gasteiger partial charge in [0.05, 0.1) is 22.8 Å². The molecule has 1 N–H and O–H groups in total. The van der Waals surface area contributed by atoms with Crippen molar-refractivity contribution in [2.45, 2.75) is 6.10 Å². The van der Waals surface area contributed by atoms with E-state index >= 15 is 0 Å². The van der Waals surface area contributed by atoms with Crippen LogP contribution < -0.4 is 5.32 Å². The maximum Gasteiger partial charge on any atom is 0.254 e. The third-order valence-electron chi connectivity index (χ3n) is 3.02. The fraction of sp³-hybridized carbons (Fsp3) is 0.462. The predicted molar refractivity (Wildman–Crippen MR) is 76.0 cm³/mol. The van der Waals surface area contributed by atoms with Crippen molar-refractivity contribution in [3.8, 4) is 0 Å². The minimum absolute atomic E-state index is 0.0328. The molecule has 1 amide bonds. The Morgan fingerprint density at radius 1 is 1.47 bits per heavy atom. The number of nitrogens with zero attached hydrogens (tertiary/aromatic N) is 1. The molecule has 0 spiro atoms. The molecule has 0 bridgehead atoms. The largest absolute Gasteiger partial charge is 0.373 e. The predicted octanol–water partition coefficient (Wildman–Crippen LogP) is 2.05. The maximum absolute atomic E-state index is 12.4. The molecule has 1 fully saturated rings. The fourth-order valence-electron chi connectivity index (χ4n) is 2.07. The van der Waals surface area contributed by atoms with Crippen LogP contribution in [0.25, 0.3) is 0 Å². The molecule has 0 aromatic heterocycles. The number of likely N-dealkylation sites (N-methyl/N-ethyl adjacent to an activating group) is 1. The summed E-state index contributed by atoms with van der Waals surface area (Å²) in [5.41, 5.74) is 0.555. The van der Waals surface area contributed by atoms with Gasteiger partial charge in [-0.3, -0.25) is 4.79 Å². The number of carbonyl (C=O) groups is 1. The van der Waals surface area contributed by atoms with Crippen LogP contribution in [0.15, 0.2) is 18.2 Å². The van der Waals surface area contributed by atoms with Crippen LogP contribution in [0.5, 0.6) is 0 Å². The summed E-state index contributed by atoms with van der Waals surface area (Å²) in [4.78, 5) is 14.1. The molecule has 19 heavy (non-hydrogen) atoms. The van der Waals surface area contributed by atoms with Gasteiger partial charge in [-0.05, 0) is 25.2 Å². The molecule has 4 nitrogen and oxygen atoms in total. The van der Waals surface area contributed by atoms with E-state index in [0.717, 1.165) is 6.54 Å². The van der Waals surface area contributed by atoms with Gasteiger partial charge in [0.2, 0.25) is 0 Å². The Balaban J connectivity index is 2.08. The van der Waals surface area contributed by atoms with E-state index in [-0.39, 0.29) is 12.0 Å². The molecule has 0 aliphatic carbocycles. The summed E-state index contributed by atoms with van der Waals surface area (Å²) in [7, 11) is 1.86. The number of hydrogen-bond donors (Lipinski definition) is 1. The number of rotatable bonds is 3. The Hall–Kier alpha value is -0.810. The van der Waals surface area contributed by atoms with Crippen LogP contribution in [0.1, 0.15) is 10.4 Å². The van der Waals surface area contributed by atoms with E-state index in [1.807, 2.05) is 7.05 Å². The molecule has 1 aliphatic heterocycles. The van der Waals surface area contributed by atoms with E-state index in [2.05, 4.69) is 5.32 Å². The first-order chi connectivity index (χ1) is 9.11. The van der Waals surface area contributed by atoms with Gasteiger partial charge in [0.25, 0.3) is 5.91 Å². The third kappa shape index (κ3) is 3.60. The van der Waals surface area contributed by atoms with E-state index < -0.39 is 0 Å². The first kappa shape index (κ1) is 14.6. The minimum atomic E-state index is -0.0389. The number of hydrogen-bond acceptors (Lipinski definition) is 3. The van der Waals surface area contributed by atoms with Gasteiger partial charge < -0.3 is 15.0 Å². The van der Waals surface area contributed by atoms with Crippen LogP contribution >= 0.6 is 23.2 Å². The summed E-state index contributed by atoms with van der Waals surface area (Å²) >= 11 is 11.8.